The molecule has 1 aromatic carbocycles. The van der Waals surface area contributed by atoms with Gasteiger partial charge in [0.25, 0.3) is 0 Å². The highest BCUT2D eigenvalue weighted by Gasteiger charge is 2.08. The van der Waals surface area contributed by atoms with Gasteiger partial charge >= 0.3 is 0 Å². The number of amides is 1. The fraction of sp³-hybridized carbons (Fsp3) is 0.250. The second-order valence-electron chi connectivity index (χ2n) is 3.53. The molecule has 0 aliphatic carbocycles. The van der Waals surface area contributed by atoms with Crippen molar-refractivity contribution in [2.75, 3.05) is 0 Å². The Labute approximate surface area is 84.4 Å². The van der Waals surface area contributed by atoms with Crippen molar-refractivity contribution in [3.63, 3.8) is 0 Å². The monoisotopic (exact) mass is 189 g/mol. The number of benzene rings is 1. The third-order valence-corrected chi connectivity index (χ3v) is 2.03. The molecule has 74 valence electrons. The molecule has 14 heavy (non-hydrogen) atoms. The van der Waals surface area contributed by atoms with Crippen molar-refractivity contribution in [3.8, 4) is 0 Å². The van der Waals surface area contributed by atoms with E-state index < -0.39 is 0 Å². The van der Waals surface area contributed by atoms with Crippen molar-refractivity contribution >= 4 is 12.0 Å². The molecule has 0 atom stereocenters. The Morgan fingerprint density at radius 1 is 1.29 bits per heavy atom. The summed E-state index contributed by atoms with van der Waals surface area (Å²) in [6.07, 6.45) is 1.84. The molecule has 0 bridgehead atoms. The van der Waals surface area contributed by atoms with Gasteiger partial charge in [-0.2, -0.15) is 0 Å². The molecule has 0 heterocycles. The zero-order chi connectivity index (χ0) is 10.6. The summed E-state index contributed by atoms with van der Waals surface area (Å²) < 4.78 is 0. The Morgan fingerprint density at radius 2 is 1.86 bits per heavy atom. The summed E-state index contributed by atoms with van der Waals surface area (Å²) in [6, 6.07) is 9.71. The molecular weight excluding hydrogens is 174 g/mol. The maximum Gasteiger partial charge on any atom is 0.244 e. The van der Waals surface area contributed by atoms with Crippen LogP contribution in [-0.4, -0.2) is 5.91 Å². The highest BCUT2D eigenvalue weighted by molar-refractivity contribution is 5.96. The minimum Gasteiger partial charge on any atom is -0.366 e. The molecule has 0 aliphatic rings. The zero-order valence-corrected chi connectivity index (χ0v) is 8.53. The van der Waals surface area contributed by atoms with Crippen LogP contribution in [-0.2, 0) is 4.79 Å². The molecule has 0 saturated carbocycles. The molecule has 0 saturated heterocycles. The topological polar surface area (TPSA) is 43.1 Å². The molecule has 0 spiro atoms. The predicted molar refractivity (Wildman–Crippen MR) is 58.5 cm³/mol. The summed E-state index contributed by atoms with van der Waals surface area (Å²) >= 11 is 0. The molecule has 0 radical (unpaired) electrons. The van der Waals surface area contributed by atoms with Gasteiger partial charge in [0.2, 0.25) is 5.91 Å². The maximum absolute atomic E-state index is 11.1. The summed E-state index contributed by atoms with van der Waals surface area (Å²) in [4.78, 5) is 11.1. The van der Waals surface area contributed by atoms with Crippen LogP contribution >= 0.6 is 0 Å². The van der Waals surface area contributed by atoms with Gasteiger partial charge in [0.15, 0.2) is 0 Å². The third-order valence-electron chi connectivity index (χ3n) is 2.03. The first kappa shape index (κ1) is 10.5. The van der Waals surface area contributed by atoms with Crippen molar-refractivity contribution < 1.29 is 4.79 Å². The average molecular weight is 189 g/mol. The van der Waals surface area contributed by atoms with Crippen LogP contribution in [0.2, 0.25) is 0 Å². The van der Waals surface area contributed by atoms with E-state index in [1.54, 1.807) is 0 Å². The summed E-state index contributed by atoms with van der Waals surface area (Å²) in [5.41, 5.74) is 6.95. The quantitative estimate of drug-likeness (QED) is 0.728. The lowest BCUT2D eigenvalue weighted by atomic mass is 10.00. The minimum atomic E-state index is -0.344. The van der Waals surface area contributed by atoms with Crippen LogP contribution in [0, 0.1) is 5.92 Å². The van der Waals surface area contributed by atoms with Gasteiger partial charge in [-0.1, -0.05) is 44.2 Å². The molecular formula is C12H15NO. The van der Waals surface area contributed by atoms with Gasteiger partial charge in [0, 0.05) is 5.57 Å². The van der Waals surface area contributed by atoms with Crippen LogP contribution in [0.5, 0.6) is 0 Å². The van der Waals surface area contributed by atoms with Crippen LogP contribution in [0.1, 0.15) is 19.4 Å². The number of carbonyl (C=O) groups excluding carboxylic acids is 1. The van der Waals surface area contributed by atoms with Gasteiger partial charge in [0.05, 0.1) is 0 Å². The van der Waals surface area contributed by atoms with E-state index in [0.717, 1.165) is 5.56 Å². The molecule has 1 amide bonds. The number of hydrogen-bond acceptors (Lipinski definition) is 1. The van der Waals surface area contributed by atoms with Crippen LogP contribution in [0.4, 0.5) is 0 Å². The number of primary amides is 1. The zero-order valence-electron chi connectivity index (χ0n) is 8.53. The Hall–Kier alpha value is -1.57. The highest BCUT2D eigenvalue weighted by Crippen LogP contribution is 2.13. The van der Waals surface area contributed by atoms with Crippen molar-refractivity contribution in [2.24, 2.45) is 11.7 Å². The van der Waals surface area contributed by atoms with Gasteiger partial charge in [-0.3, -0.25) is 4.79 Å². The largest absolute Gasteiger partial charge is 0.366 e. The summed E-state index contributed by atoms with van der Waals surface area (Å²) in [6.45, 7) is 3.92. The lowest BCUT2D eigenvalue weighted by molar-refractivity contribution is -0.114. The molecule has 2 heteroatoms. The Balaban J connectivity index is 3.00. The van der Waals surface area contributed by atoms with Crippen molar-refractivity contribution in [3.05, 3.63) is 41.5 Å². The van der Waals surface area contributed by atoms with E-state index in [0.29, 0.717) is 5.57 Å². The number of carbonyl (C=O) groups is 1. The number of hydrogen-bond donors (Lipinski definition) is 1. The lowest BCUT2D eigenvalue weighted by Gasteiger charge is -2.06. The molecule has 0 aliphatic heterocycles. The van der Waals surface area contributed by atoms with Crippen LogP contribution in [0.15, 0.2) is 35.9 Å². The normalized spacial score (nSPS) is 11.8. The summed E-state index contributed by atoms with van der Waals surface area (Å²) in [7, 11) is 0. The van der Waals surface area contributed by atoms with Gasteiger partial charge < -0.3 is 5.73 Å². The molecule has 0 aromatic heterocycles. The molecule has 2 nitrogen and oxygen atoms in total. The first-order chi connectivity index (χ1) is 6.61. The van der Waals surface area contributed by atoms with E-state index in [4.69, 9.17) is 5.73 Å². The Bertz CT molecular complexity index is 339. The minimum absolute atomic E-state index is 0.160. The van der Waals surface area contributed by atoms with E-state index in [2.05, 4.69) is 0 Å². The van der Waals surface area contributed by atoms with Crippen molar-refractivity contribution in [2.45, 2.75) is 13.8 Å². The maximum atomic E-state index is 11.1. The van der Waals surface area contributed by atoms with E-state index >= 15 is 0 Å². The second kappa shape index (κ2) is 4.61. The van der Waals surface area contributed by atoms with Crippen LogP contribution in [0.25, 0.3) is 6.08 Å². The van der Waals surface area contributed by atoms with Gasteiger partial charge in [-0.05, 0) is 17.6 Å². The van der Waals surface area contributed by atoms with Gasteiger partial charge in [0.1, 0.15) is 0 Å². The highest BCUT2D eigenvalue weighted by atomic mass is 16.1. The van der Waals surface area contributed by atoms with Gasteiger partial charge in [-0.15, -0.1) is 0 Å². The number of rotatable bonds is 3. The summed E-state index contributed by atoms with van der Waals surface area (Å²) in [5.74, 6) is -0.184. The van der Waals surface area contributed by atoms with E-state index in [-0.39, 0.29) is 11.8 Å². The molecule has 1 rings (SSSR count). The van der Waals surface area contributed by atoms with Crippen LogP contribution in [0.3, 0.4) is 0 Å². The first-order valence-corrected chi connectivity index (χ1v) is 4.67. The molecule has 2 N–H and O–H groups in total. The molecule has 0 fully saturated rings. The van der Waals surface area contributed by atoms with Crippen LogP contribution < -0.4 is 5.73 Å². The molecule has 0 unspecified atom stereocenters. The predicted octanol–water partition coefficient (Wildman–Crippen LogP) is 2.21. The Kier molecular flexibility index (Phi) is 3.46. The number of nitrogens with two attached hydrogens (primary N) is 1. The average Bonchev–Trinajstić information content (AvgIpc) is 2.15. The standard InChI is InChI=1S/C12H15NO/c1-9(2)11(12(13)14)8-10-6-4-3-5-7-10/h3-9H,1-2H3,(H2,13,14). The third kappa shape index (κ3) is 2.73. The second-order valence-corrected chi connectivity index (χ2v) is 3.53. The fourth-order valence-electron chi connectivity index (χ4n) is 1.25. The van der Waals surface area contributed by atoms with E-state index in [1.165, 1.54) is 0 Å². The summed E-state index contributed by atoms with van der Waals surface area (Å²) in [5, 5.41) is 0. The lowest BCUT2D eigenvalue weighted by Crippen LogP contribution is -2.17. The SMILES string of the molecule is CC(C)C(=Cc1ccccc1)C(N)=O. The molecule has 1 aromatic rings. The van der Waals surface area contributed by atoms with Crippen molar-refractivity contribution in [1.82, 2.24) is 0 Å². The van der Waals surface area contributed by atoms with E-state index in [1.807, 2.05) is 50.3 Å². The Morgan fingerprint density at radius 3 is 2.29 bits per heavy atom. The smallest absolute Gasteiger partial charge is 0.244 e. The van der Waals surface area contributed by atoms with E-state index in [9.17, 15) is 4.79 Å². The first-order valence-electron chi connectivity index (χ1n) is 4.67. The van der Waals surface area contributed by atoms with Crippen molar-refractivity contribution in [1.29, 1.82) is 0 Å². The fourth-order valence-corrected chi connectivity index (χ4v) is 1.25. The van der Waals surface area contributed by atoms with Gasteiger partial charge in [-0.25, -0.2) is 0 Å².